The van der Waals surface area contributed by atoms with Crippen LogP contribution < -0.4 is 10.1 Å². The molecule has 0 aliphatic rings. The SMILES string of the molecule is CCC(=O)N(Cc1ccc(OC)cc1)C(Cc1ccccc1)C(=O)NC. The van der Waals surface area contributed by atoms with Gasteiger partial charge >= 0.3 is 0 Å². The number of benzene rings is 2. The molecule has 1 N–H and O–H groups in total. The molecule has 0 aliphatic heterocycles. The van der Waals surface area contributed by atoms with E-state index in [9.17, 15) is 9.59 Å². The zero-order valence-corrected chi connectivity index (χ0v) is 15.6. The van der Waals surface area contributed by atoms with Crippen LogP contribution in [0.3, 0.4) is 0 Å². The number of hydrogen-bond acceptors (Lipinski definition) is 3. The standard InChI is InChI=1S/C21H26N2O3/c1-4-20(24)23(15-17-10-12-18(26-3)13-11-17)19(21(25)22-2)14-16-8-6-5-7-9-16/h5-13,19H,4,14-15H2,1-3H3,(H,22,25). The van der Waals surface area contributed by atoms with Gasteiger partial charge in [0, 0.05) is 26.4 Å². The van der Waals surface area contributed by atoms with Crippen LogP contribution >= 0.6 is 0 Å². The van der Waals surface area contributed by atoms with Crippen LogP contribution in [0.25, 0.3) is 0 Å². The number of rotatable bonds is 8. The average molecular weight is 354 g/mol. The van der Waals surface area contributed by atoms with Crippen LogP contribution in [0, 0.1) is 0 Å². The number of nitrogens with zero attached hydrogens (tertiary/aromatic N) is 1. The second-order valence-corrected chi connectivity index (χ2v) is 6.04. The smallest absolute Gasteiger partial charge is 0.242 e. The Balaban J connectivity index is 2.29. The zero-order chi connectivity index (χ0) is 18.9. The van der Waals surface area contributed by atoms with Gasteiger partial charge in [0.05, 0.1) is 7.11 Å². The van der Waals surface area contributed by atoms with Gasteiger partial charge in [0.15, 0.2) is 0 Å². The Kier molecular flexibility index (Phi) is 7.21. The summed E-state index contributed by atoms with van der Waals surface area (Å²) < 4.78 is 5.18. The van der Waals surface area contributed by atoms with Gasteiger partial charge in [-0.2, -0.15) is 0 Å². The Bertz CT molecular complexity index is 714. The molecular formula is C21H26N2O3. The molecule has 5 heteroatoms. The fourth-order valence-electron chi connectivity index (χ4n) is 2.85. The lowest BCUT2D eigenvalue weighted by Crippen LogP contribution is -2.49. The second-order valence-electron chi connectivity index (χ2n) is 6.04. The number of amides is 2. The molecule has 26 heavy (non-hydrogen) atoms. The van der Waals surface area contributed by atoms with Crippen LogP contribution in [-0.2, 0) is 22.6 Å². The van der Waals surface area contributed by atoms with Crippen LogP contribution in [-0.4, -0.2) is 36.9 Å². The number of nitrogens with one attached hydrogen (secondary N) is 1. The van der Waals surface area contributed by atoms with Gasteiger partial charge in [0.2, 0.25) is 11.8 Å². The molecule has 0 aliphatic carbocycles. The van der Waals surface area contributed by atoms with Crippen molar-refractivity contribution in [3.63, 3.8) is 0 Å². The summed E-state index contributed by atoms with van der Waals surface area (Å²) in [7, 11) is 3.21. The first-order chi connectivity index (χ1) is 12.6. The molecule has 0 aromatic heterocycles. The highest BCUT2D eigenvalue weighted by molar-refractivity contribution is 5.87. The molecule has 0 saturated heterocycles. The van der Waals surface area contributed by atoms with Gasteiger partial charge in [0.25, 0.3) is 0 Å². The van der Waals surface area contributed by atoms with Crippen molar-refractivity contribution in [3.05, 3.63) is 65.7 Å². The first kappa shape index (κ1) is 19.5. The first-order valence-electron chi connectivity index (χ1n) is 8.77. The van der Waals surface area contributed by atoms with Crippen molar-refractivity contribution in [2.45, 2.75) is 32.4 Å². The Morgan fingerprint density at radius 1 is 1.04 bits per heavy atom. The molecule has 1 atom stereocenters. The van der Waals surface area contributed by atoms with E-state index in [1.54, 1.807) is 19.1 Å². The Morgan fingerprint density at radius 3 is 2.23 bits per heavy atom. The van der Waals surface area contributed by atoms with E-state index in [0.29, 0.717) is 19.4 Å². The lowest BCUT2D eigenvalue weighted by atomic mass is 10.0. The lowest BCUT2D eigenvalue weighted by molar-refractivity contribution is -0.140. The summed E-state index contributed by atoms with van der Waals surface area (Å²) in [6.45, 7) is 2.19. The fourth-order valence-corrected chi connectivity index (χ4v) is 2.85. The average Bonchev–Trinajstić information content (AvgIpc) is 2.70. The first-order valence-corrected chi connectivity index (χ1v) is 8.77. The molecule has 0 fully saturated rings. The molecule has 0 radical (unpaired) electrons. The minimum Gasteiger partial charge on any atom is -0.497 e. The predicted molar refractivity (Wildman–Crippen MR) is 102 cm³/mol. The maximum atomic E-state index is 12.6. The molecule has 0 heterocycles. The van der Waals surface area contributed by atoms with Crippen LogP contribution in [0.2, 0.25) is 0 Å². The van der Waals surface area contributed by atoms with E-state index in [1.807, 2.05) is 61.5 Å². The molecule has 0 bridgehead atoms. The second kappa shape index (κ2) is 9.61. The summed E-state index contributed by atoms with van der Waals surface area (Å²) in [6.07, 6.45) is 0.820. The van der Waals surface area contributed by atoms with E-state index in [4.69, 9.17) is 4.74 Å². The molecule has 2 rings (SSSR count). The summed E-state index contributed by atoms with van der Waals surface area (Å²) >= 11 is 0. The largest absolute Gasteiger partial charge is 0.497 e. The van der Waals surface area contributed by atoms with E-state index >= 15 is 0 Å². The highest BCUT2D eigenvalue weighted by Gasteiger charge is 2.28. The quantitative estimate of drug-likeness (QED) is 0.793. The number of hydrogen-bond donors (Lipinski definition) is 1. The van der Waals surface area contributed by atoms with Gasteiger partial charge in [-0.15, -0.1) is 0 Å². The molecule has 0 saturated carbocycles. The number of carbonyl (C=O) groups is 2. The molecule has 2 aromatic rings. The van der Waals surface area contributed by atoms with E-state index in [2.05, 4.69) is 5.32 Å². The summed E-state index contributed by atoms with van der Waals surface area (Å²) in [5, 5.41) is 2.70. The number of methoxy groups -OCH3 is 1. The summed E-state index contributed by atoms with van der Waals surface area (Å²) in [4.78, 5) is 26.8. The van der Waals surface area contributed by atoms with E-state index in [-0.39, 0.29) is 11.8 Å². The third-order valence-corrected chi connectivity index (χ3v) is 4.33. The number of ether oxygens (including phenoxy) is 1. The highest BCUT2D eigenvalue weighted by atomic mass is 16.5. The van der Waals surface area contributed by atoms with Crippen LogP contribution in [0.15, 0.2) is 54.6 Å². The normalized spacial score (nSPS) is 11.5. The van der Waals surface area contributed by atoms with Crippen molar-refractivity contribution in [1.82, 2.24) is 10.2 Å². The maximum Gasteiger partial charge on any atom is 0.242 e. The molecular weight excluding hydrogens is 328 g/mol. The van der Waals surface area contributed by atoms with E-state index in [1.165, 1.54) is 0 Å². The van der Waals surface area contributed by atoms with Crippen molar-refractivity contribution < 1.29 is 14.3 Å². The topological polar surface area (TPSA) is 58.6 Å². The number of carbonyl (C=O) groups excluding carboxylic acids is 2. The molecule has 2 aromatic carbocycles. The third kappa shape index (κ3) is 5.09. The molecule has 1 unspecified atom stereocenters. The minimum atomic E-state index is -0.558. The van der Waals surface area contributed by atoms with E-state index in [0.717, 1.165) is 16.9 Å². The fraction of sp³-hybridized carbons (Fsp3) is 0.333. The predicted octanol–water partition coefficient (Wildman–Crippen LogP) is 2.79. The van der Waals surface area contributed by atoms with Gasteiger partial charge in [-0.25, -0.2) is 0 Å². The van der Waals surface area contributed by atoms with Crippen LogP contribution in [0.4, 0.5) is 0 Å². The molecule has 2 amide bonds. The third-order valence-electron chi connectivity index (χ3n) is 4.33. The lowest BCUT2D eigenvalue weighted by Gasteiger charge is -2.31. The summed E-state index contributed by atoms with van der Waals surface area (Å²) in [5.41, 5.74) is 1.97. The minimum absolute atomic E-state index is 0.0506. The Hall–Kier alpha value is -2.82. The molecule has 5 nitrogen and oxygen atoms in total. The van der Waals surface area contributed by atoms with Gasteiger partial charge in [-0.3, -0.25) is 9.59 Å². The van der Waals surface area contributed by atoms with Gasteiger partial charge in [-0.05, 0) is 23.3 Å². The molecule has 0 spiro atoms. The summed E-state index contributed by atoms with van der Waals surface area (Å²) in [5.74, 6) is 0.545. The van der Waals surface area contributed by atoms with Crippen molar-refractivity contribution >= 4 is 11.8 Å². The number of likely N-dealkylation sites (N-methyl/N-ethyl adjacent to an activating group) is 1. The van der Waals surface area contributed by atoms with Crippen molar-refractivity contribution in [1.29, 1.82) is 0 Å². The van der Waals surface area contributed by atoms with E-state index < -0.39 is 6.04 Å². The summed E-state index contributed by atoms with van der Waals surface area (Å²) in [6, 6.07) is 16.7. The van der Waals surface area contributed by atoms with Crippen LogP contribution in [0.5, 0.6) is 5.75 Å². The Morgan fingerprint density at radius 2 is 1.69 bits per heavy atom. The molecule has 138 valence electrons. The Labute approximate surface area is 155 Å². The van der Waals surface area contributed by atoms with Crippen molar-refractivity contribution in [2.75, 3.05) is 14.2 Å². The monoisotopic (exact) mass is 354 g/mol. The van der Waals surface area contributed by atoms with Gasteiger partial charge in [0.1, 0.15) is 11.8 Å². The highest BCUT2D eigenvalue weighted by Crippen LogP contribution is 2.17. The van der Waals surface area contributed by atoms with Crippen LogP contribution in [0.1, 0.15) is 24.5 Å². The van der Waals surface area contributed by atoms with Gasteiger partial charge in [-0.1, -0.05) is 49.4 Å². The van der Waals surface area contributed by atoms with Gasteiger partial charge < -0.3 is 15.0 Å². The zero-order valence-electron chi connectivity index (χ0n) is 15.6. The maximum absolute atomic E-state index is 12.6. The van der Waals surface area contributed by atoms with Crippen molar-refractivity contribution in [2.24, 2.45) is 0 Å². The van der Waals surface area contributed by atoms with Crippen molar-refractivity contribution in [3.8, 4) is 5.75 Å².